The normalized spacial score (nSPS) is 10.6. The van der Waals surface area contributed by atoms with Crippen molar-refractivity contribution in [1.82, 2.24) is 10.2 Å². The smallest absolute Gasteiger partial charge is 0.228 e. The highest BCUT2D eigenvalue weighted by Gasteiger charge is 2.05. The largest absolute Gasteiger partial charge is 0.508 e. The second-order valence-electron chi connectivity index (χ2n) is 4.57. The molecule has 2 aromatic carbocycles. The van der Waals surface area contributed by atoms with Crippen LogP contribution in [0.2, 0.25) is 0 Å². The molecule has 1 amide bonds. The molecule has 20 heavy (non-hydrogen) atoms. The van der Waals surface area contributed by atoms with Crippen molar-refractivity contribution in [3.8, 4) is 5.75 Å². The zero-order valence-electron chi connectivity index (χ0n) is 10.6. The first-order chi connectivity index (χ1) is 9.70. The summed E-state index contributed by atoms with van der Waals surface area (Å²) in [6.45, 7) is 0. The van der Waals surface area contributed by atoms with Crippen molar-refractivity contribution in [3.05, 3.63) is 54.2 Å². The zero-order chi connectivity index (χ0) is 13.9. The number of phenolic OH excluding ortho intramolecular Hbond substituents is 1. The van der Waals surface area contributed by atoms with Crippen LogP contribution < -0.4 is 5.32 Å². The second kappa shape index (κ2) is 5.05. The highest BCUT2D eigenvalue weighted by atomic mass is 16.3. The van der Waals surface area contributed by atoms with Crippen LogP contribution in [0.1, 0.15) is 5.56 Å². The number of anilines is 1. The van der Waals surface area contributed by atoms with E-state index in [1.165, 1.54) is 0 Å². The molecule has 0 unspecified atom stereocenters. The molecule has 1 aromatic heterocycles. The Hall–Kier alpha value is -2.82. The van der Waals surface area contributed by atoms with Gasteiger partial charge in [0.2, 0.25) is 5.91 Å². The van der Waals surface area contributed by atoms with Crippen molar-refractivity contribution < 1.29 is 9.90 Å². The van der Waals surface area contributed by atoms with Crippen molar-refractivity contribution in [3.63, 3.8) is 0 Å². The first-order valence-electron chi connectivity index (χ1n) is 6.21. The first-order valence-corrected chi connectivity index (χ1v) is 6.21. The lowest BCUT2D eigenvalue weighted by atomic mass is 10.1. The van der Waals surface area contributed by atoms with Gasteiger partial charge >= 0.3 is 0 Å². The topological polar surface area (TPSA) is 78.0 Å². The van der Waals surface area contributed by atoms with Crippen molar-refractivity contribution in [2.75, 3.05) is 5.32 Å². The van der Waals surface area contributed by atoms with Gasteiger partial charge in [-0.15, -0.1) is 0 Å². The Morgan fingerprint density at radius 1 is 1.25 bits per heavy atom. The van der Waals surface area contributed by atoms with Crippen molar-refractivity contribution in [1.29, 1.82) is 0 Å². The molecule has 3 aromatic rings. The minimum absolute atomic E-state index is 0.126. The minimum Gasteiger partial charge on any atom is -0.508 e. The number of phenols is 1. The maximum Gasteiger partial charge on any atom is 0.228 e. The fraction of sp³-hybridized carbons (Fsp3) is 0.0667. The highest BCUT2D eigenvalue weighted by molar-refractivity contribution is 5.94. The predicted octanol–water partition coefficient (Wildman–Crippen LogP) is 2.45. The fourth-order valence-electron chi connectivity index (χ4n) is 2.08. The van der Waals surface area contributed by atoms with Gasteiger partial charge < -0.3 is 10.4 Å². The number of carbonyl (C=O) groups excluding carboxylic acids is 1. The van der Waals surface area contributed by atoms with Gasteiger partial charge in [0.1, 0.15) is 5.75 Å². The molecule has 0 aliphatic rings. The fourth-order valence-corrected chi connectivity index (χ4v) is 2.08. The molecule has 0 saturated heterocycles. The first kappa shape index (κ1) is 12.2. The maximum absolute atomic E-state index is 12.0. The summed E-state index contributed by atoms with van der Waals surface area (Å²) >= 11 is 0. The van der Waals surface area contributed by atoms with Crippen LogP contribution in [-0.2, 0) is 11.2 Å². The molecule has 3 rings (SSSR count). The van der Waals surface area contributed by atoms with Crippen molar-refractivity contribution in [2.24, 2.45) is 0 Å². The molecule has 5 heteroatoms. The van der Waals surface area contributed by atoms with Gasteiger partial charge in [-0.05, 0) is 35.9 Å². The average molecular weight is 267 g/mol. The number of benzene rings is 2. The summed E-state index contributed by atoms with van der Waals surface area (Å²) in [7, 11) is 0. The van der Waals surface area contributed by atoms with Crippen LogP contribution in [0, 0.1) is 0 Å². The molecule has 0 bridgehead atoms. The maximum atomic E-state index is 12.0. The molecule has 0 saturated carbocycles. The van der Waals surface area contributed by atoms with E-state index < -0.39 is 0 Å². The monoisotopic (exact) mass is 267 g/mol. The van der Waals surface area contributed by atoms with E-state index in [0.717, 1.165) is 22.2 Å². The van der Waals surface area contributed by atoms with Crippen molar-refractivity contribution in [2.45, 2.75) is 6.42 Å². The van der Waals surface area contributed by atoms with E-state index in [2.05, 4.69) is 15.5 Å². The third kappa shape index (κ3) is 2.61. The average Bonchev–Trinajstić information content (AvgIpc) is 2.86. The molecule has 0 atom stereocenters. The molecule has 0 aliphatic carbocycles. The summed E-state index contributed by atoms with van der Waals surface area (Å²) < 4.78 is 0. The molecule has 5 nitrogen and oxygen atoms in total. The highest BCUT2D eigenvalue weighted by Crippen LogP contribution is 2.17. The number of nitrogens with zero attached hydrogens (tertiary/aromatic N) is 1. The van der Waals surface area contributed by atoms with E-state index in [1.807, 2.05) is 18.2 Å². The van der Waals surface area contributed by atoms with Crippen molar-refractivity contribution >= 4 is 22.5 Å². The van der Waals surface area contributed by atoms with E-state index in [4.69, 9.17) is 0 Å². The number of nitrogens with one attached hydrogen (secondary N) is 2. The van der Waals surface area contributed by atoms with E-state index in [1.54, 1.807) is 30.5 Å². The van der Waals surface area contributed by atoms with Gasteiger partial charge in [0.25, 0.3) is 0 Å². The molecule has 1 heterocycles. The summed E-state index contributed by atoms with van der Waals surface area (Å²) in [4.78, 5) is 12.0. The van der Waals surface area contributed by atoms with Crippen LogP contribution in [0.3, 0.4) is 0 Å². The third-order valence-corrected chi connectivity index (χ3v) is 3.00. The lowest BCUT2D eigenvalue weighted by molar-refractivity contribution is -0.115. The molecule has 0 spiro atoms. The van der Waals surface area contributed by atoms with Gasteiger partial charge in [-0.3, -0.25) is 9.89 Å². The Bertz CT molecular complexity index is 764. The van der Waals surface area contributed by atoms with Crippen LogP contribution in [0.25, 0.3) is 10.9 Å². The molecule has 0 aliphatic heterocycles. The van der Waals surface area contributed by atoms with Gasteiger partial charge in [-0.2, -0.15) is 5.10 Å². The predicted molar refractivity (Wildman–Crippen MR) is 76.5 cm³/mol. The van der Waals surface area contributed by atoms with E-state index in [9.17, 15) is 9.90 Å². The quantitative estimate of drug-likeness (QED) is 0.682. The van der Waals surface area contributed by atoms with Gasteiger partial charge in [0, 0.05) is 11.1 Å². The van der Waals surface area contributed by atoms with Gasteiger partial charge in [-0.25, -0.2) is 0 Å². The van der Waals surface area contributed by atoms with E-state index >= 15 is 0 Å². The minimum atomic E-state index is -0.126. The number of amides is 1. The summed E-state index contributed by atoms with van der Waals surface area (Å²) in [6.07, 6.45) is 1.93. The summed E-state index contributed by atoms with van der Waals surface area (Å²) in [5.74, 6) is 0.0357. The van der Waals surface area contributed by atoms with Gasteiger partial charge in [0.15, 0.2) is 0 Å². The Morgan fingerprint density at radius 2 is 2.15 bits per heavy atom. The number of hydrogen-bond acceptors (Lipinski definition) is 3. The van der Waals surface area contributed by atoms with E-state index in [0.29, 0.717) is 0 Å². The number of carbonyl (C=O) groups is 1. The van der Waals surface area contributed by atoms with Gasteiger partial charge in [-0.1, -0.05) is 12.1 Å². The molecular formula is C15H13N3O2. The summed E-state index contributed by atoms with van der Waals surface area (Å²) in [5, 5.41) is 19.9. The lowest BCUT2D eigenvalue weighted by Crippen LogP contribution is -2.14. The number of hydrogen-bond donors (Lipinski definition) is 3. The number of aromatic hydroxyl groups is 1. The zero-order valence-corrected chi connectivity index (χ0v) is 10.6. The Labute approximate surface area is 115 Å². The standard InChI is InChI=1S/C15H13N3O2/c19-13-3-1-2-10(6-13)7-15(20)17-12-4-5-14-11(8-12)9-16-18-14/h1-6,8-9,19H,7H2,(H,16,18)(H,17,20). The SMILES string of the molecule is O=C(Cc1cccc(O)c1)Nc1ccc2[nH]ncc2c1. The molecule has 3 N–H and O–H groups in total. The van der Waals surface area contributed by atoms with Crippen LogP contribution >= 0.6 is 0 Å². The van der Waals surface area contributed by atoms with Crippen LogP contribution in [0.4, 0.5) is 5.69 Å². The molecule has 0 fully saturated rings. The molecule has 100 valence electrons. The molecular weight excluding hydrogens is 254 g/mol. The van der Waals surface area contributed by atoms with E-state index in [-0.39, 0.29) is 18.1 Å². The third-order valence-electron chi connectivity index (χ3n) is 3.00. The second-order valence-corrected chi connectivity index (χ2v) is 4.57. The Kier molecular flexibility index (Phi) is 3.09. The van der Waals surface area contributed by atoms with Crippen LogP contribution in [-0.4, -0.2) is 21.2 Å². The van der Waals surface area contributed by atoms with Crippen LogP contribution in [0.5, 0.6) is 5.75 Å². The lowest BCUT2D eigenvalue weighted by Gasteiger charge is -2.05. The molecule has 0 radical (unpaired) electrons. The number of rotatable bonds is 3. The Balaban J connectivity index is 1.72. The van der Waals surface area contributed by atoms with Gasteiger partial charge in [0.05, 0.1) is 18.1 Å². The summed E-state index contributed by atoms with van der Waals surface area (Å²) in [5.41, 5.74) is 2.42. The number of fused-ring (bicyclic) bond motifs is 1. The van der Waals surface area contributed by atoms with Crippen LogP contribution in [0.15, 0.2) is 48.7 Å². The summed E-state index contributed by atoms with van der Waals surface area (Å²) in [6, 6.07) is 12.2. The number of aromatic amines is 1. The Morgan fingerprint density at radius 3 is 3.00 bits per heavy atom. The number of H-pyrrole nitrogens is 1. The number of aromatic nitrogens is 2.